The van der Waals surface area contributed by atoms with Gasteiger partial charge in [0.25, 0.3) is 0 Å². The fourth-order valence-electron chi connectivity index (χ4n) is 2.44. The molecule has 0 bridgehead atoms. The summed E-state index contributed by atoms with van der Waals surface area (Å²) in [5.74, 6) is 0.715. The minimum Gasteiger partial charge on any atom is -0.325 e. The van der Waals surface area contributed by atoms with Crippen LogP contribution in [0.1, 0.15) is 44.9 Å². The Morgan fingerprint density at radius 2 is 1.88 bits per heavy atom. The summed E-state index contributed by atoms with van der Waals surface area (Å²) in [6, 6.07) is 5.71. The monoisotopic (exact) mass is 364 g/mol. The highest BCUT2D eigenvalue weighted by molar-refractivity contribution is 7.99. The molecule has 25 heavy (non-hydrogen) atoms. The van der Waals surface area contributed by atoms with Gasteiger partial charge in [-0.15, -0.1) is 10.2 Å². The minimum atomic E-state index is -0.325. The topological polar surface area (TPSA) is 59.8 Å². The Hall–Kier alpha value is -1.89. The number of amides is 1. The molecule has 0 saturated carbocycles. The van der Waals surface area contributed by atoms with Crippen LogP contribution >= 0.6 is 11.8 Å². The molecule has 0 radical (unpaired) electrons. The number of carbonyl (C=O) groups excluding carboxylic acids is 1. The predicted molar refractivity (Wildman–Crippen MR) is 99.2 cm³/mol. The number of hydrogen-bond acceptors (Lipinski definition) is 4. The van der Waals surface area contributed by atoms with Crippen LogP contribution < -0.4 is 5.32 Å². The normalized spacial score (nSPS) is 10.8. The van der Waals surface area contributed by atoms with Gasteiger partial charge in [0, 0.05) is 19.2 Å². The van der Waals surface area contributed by atoms with Crippen molar-refractivity contribution in [3.8, 4) is 0 Å². The third kappa shape index (κ3) is 6.49. The van der Waals surface area contributed by atoms with Gasteiger partial charge in [0.15, 0.2) is 5.16 Å². The second-order valence-corrected chi connectivity index (χ2v) is 6.91. The number of aryl methyl sites for hydroxylation is 1. The summed E-state index contributed by atoms with van der Waals surface area (Å²) in [6.07, 6.45) is 7.02. The molecule has 0 atom stereocenters. The molecule has 1 aromatic carbocycles. The molecule has 0 saturated heterocycles. The molecule has 7 heteroatoms. The van der Waals surface area contributed by atoms with Crippen LogP contribution in [-0.4, -0.2) is 26.4 Å². The van der Waals surface area contributed by atoms with Crippen LogP contribution in [0.2, 0.25) is 0 Å². The molecule has 2 aromatic rings. The lowest BCUT2D eigenvalue weighted by atomic mass is 10.1. The van der Waals surface area contributed by atoms with Gasteiger partial charge in [-0.05, 0) is 30.7 Å². The second-order valence-electron chi connectivity index (χ2n) is 5.97. The summed E-state index contributed by atoms with van der Waals surface area (Å²) in [5.41, 5.74) is 0.581. The van der Waals surface area contributed by atoms with Gasteiger partial charge in [-0.1, -0.05) is 44.4 Å². The fraction of sp³-hybridized carbons (Fsp3) is 0.500. The third-order valence-electron chi connectivity index (χ3n) is 3.89. The Bertz CT molecular complexity index is 672. The van der Waals surface area contributed by atoms with Crippen LogP contribution in [0, 0.1) is 5.82 Å². The summed E-state index contributed by atoms with van der Waals surface area (Å²) in [6.45, 7) is 2.21. The molecule has 0 aliphatic rings. The molecule has 0 fully saturated rings. The van der Waals surface area contributed by atoms with E-state index < -0.39 is 0 Å². The molecule has 0 unspecified atom stereocenters. The van der Waals surface area contributed by atoms with Crippen LogP contribution in [0.5, 0.6) is 0 Å². The largest absolute Gasteiger partial charge is 0.325 e. The molecule has 1 heterocycles. The standard InChI is InChI=1S/C18H25FN4OS/c1-3-4-5-6-7-8-16-21-22-18(23(16)2)25-13-17(24)20-15-11-9-14(19)10-12-15/h9-12H,3-8,13H2,1-2H3,(H,20,24). The van der Waals surface area contributed by atoms with Crippen LogP contribution in [0.25, 0.3) is 0 Å². The Labute approximate surface area is 152 Å². The zero-order valence-corrected chi connectivity index (χ0v) is 15.6. The third-order valence-corrected chi connectivity index (χ3v) is 4.91. The molecular formula is C18H25FN4OS. The lowest BCUT2D eigenvalue weighted by molar-refractivity contribution is -0.113. The predicted octanol–water partition coefficient (Wildman–Crippen LogP) is 4.20. The van der Waals surface area contributed by atoms with Crippen molar-refractivity contribution in [1.82, 2.24) is 14.8 Å². The van der Waals surface area contributed by atoms with E-state index >= 15 is 0 Å². The first kappa shape index (κ1) is 19.4. The van der Waals surface area contributed by atoms with E-state index in [0.29, 0.717) is 5.69 Å². The van der Waals surface area contributed by atoms with Gasteiger partial charge in [-0.2, -0.15) is 0 Å². The van der Waals surface area contributed by atoms with Gasteiger partial charge in [-0.25, -0.2) is 4.39 Å². The summed E-state index contributed by atoms with van der Waals surface area (Å²) < 4.78 is 14.8. The van der Waals surface area contributed by atoms with Crippen molar-refractivity contribution in [1.29, 1.82) is 0 Å². The summed E-state index contributed by atoms with van der Waals surface area (Å²) in [5, 5.41) is 11.9. The molecule has 5 nitrogen and oxygen atoms in total. The molecule has 136 valence electrons. The second kappa shape index (κ2) is 10.2. The first-order chi connectivity index (χ1) is 12.1. The van der Waals surface area contributed by atoms with Gasteiger partial charge in [-0.3, -0.25) is 4.79 Å². The van der Waals surface area contributed by atoms with Crippen molar-refractivity contribution in [2.24, 2.45) is 7.05 Å². The molecule has 0 aliphatic heterocycles. The van der Waals surface area contributed by atoms with E-state index in [0.717, 1.165) is 23.8 Å². The Morgan fingerprint density at radius 1 is 1.16 bits per heavy atom. The molecule has 1 amide bonds. The summed E-state index contributed by atoms with van der Waals surface area (Å²) in [4.78, 5) is 12.0. The highest BCUT2D eigenvalue weighted by Crippen LogP contribution is 2.18. The van der Waals surface area contributed by atoms with E-state index in [2.05, 4.69) is 22.4 Å². The van der Waals surface area contributed by atoms with Crippen molar-refractivity contribution >= 4 is 23.4 Å². The number of aromatic nitrogens is 3. The number of anilines is 1. The lowest BCUT2D eigenvalue weighted by Gasteiger charge is -2.06. The molecule has 1 aromatic heterocycles. The maximum absolute atomic E-state index is 12.9. The number of rotatable bonds is 10. The molecular weight excluding hydrogens is 339 g/mol. The highest BCUT2D eigenvalue weighted by Gasteiger charge is 2.11. The maximum atomic E-state index is 12.9. The number of carbonyl (C=O) groups is 1. The van der Waals surface area contributed by atoms with Gasteiger partial charge < -0.3 is 9.88 Å². The Morgan fingerprint density at radius 3 is 2.60 bits per heavy atom. The highest BCUT2D eigenvalue weighted by atomic mass is 32.2. The van der Waals surface area contributed by atoms with Crippen LogP contribution in [-0.2, 0) is 18.3 Å². The zero-order valence-electron chi connectivity index (χ0n) is 14.8. The van der Waals surface area contributed by atoms with Gasteiger partial charge in [0.05, 0.1) is 5.75 Å². The fourth-order valence-corrected chi connectivity index (χ4v) is 3.17. The number of thioether (sulfide) groups is 1. The van der Waals surface area contributed by atoms with Crippen LogP contribution in [0.4, 0.5) is 10.1 Å². The van der Waals surface area contributed by atoms with Gasteiger partial charge in [0.1, 0.15) is 11.6 Å². The van der Waals surface area contributed by atoms with E-state index in [1.807, 2.05) is 11.6 Å². The van der Waals surface area contributed by atoms with Gasteiger partial charge >= 0.3 is 0 Å². The zero-order chi connectivity index (χ0) is 18.1. The Kier molecular flexibility index (Phi) is 7.91. The first-order valence-electron chi connectivity index (χ1n) is 8.66. The molecule has 1 N–H and O–H groups in total. The van der Waals surface area contributed by atoms with E-state index in [1.54, 1.807) is 0 Å². The van der Waals surface area contributed by atoms with E-state index in [-0.39, 0.29) is 17.5 Å². The van der Waals surface area contributed by atoms with Crippen molar-refractivity contribution < 1.29 is 9.18 Å². The number of halogens is 1. The number of nitrogens with zero attached hydrogens (tertiary/aromatic N) is 3. The van der Waals surface area contributed by atoms with Crippen molar-refractivity contribution in [3.05, 3.63) is 35.9 Å². The number of benzene rings is 1. The lowest BCUT2D eigenvalue weighted by Crippen LogP contribution is -2.14. The van der Waals surface area contributed by atoms with Crippen molar-refractivity contribution in [2.75, 3.05) is 11.1 Å². The van der Waals surface area contributed by atoms with Crippen LogP contribution in [0.15, 0.2) is 29.4 Å². The SMILES string of the molecule is CCCCCCCc1nnc(SCC(=O)Nc2ccc(F)cc2)n1C. The van der Waals surface area contributed by atoms with Crippen LogP contribution in [0.3, 0.4) is 0 Å². The van der Waals surface area contributed by atoms with Crippen molar-refractivity contribution in [2.45, 2.75) is 50.6 Å². The quantitative estimate of drug-likeness (QED) is 0.507. The van der Waals surface area contributed by atoms with E-state index in [4.69, 9.17) is 0 Å². The maximum Gasteiger partial charge on any atom is 0.234 e. The molecule has 2 rings (SSSR count). The molecule has 0 aliphatic carbocycles. The van der Waals surface area contributed by atoms with E-state index in [9.17, 15) is 9.18 Å². The average Bonchev–Trinajstić information content (AvgIpc) is 2.95. The minimum absolute atomic E-state index is 0.152. The van der Waals surface area contributed by atoms with E-state index in [1.165, 1.54) is 61.7 Å². The summed E-state index contributed by atoms with van der Waals surface area (Å²) in [7, 11) is 1.93. The number of hydrogen-bond donors (Lipinski definition) is 1. The van der Waals surface area contributed by atoms with Gasteiger partial charge in [0.2, 0.25) is 5.91 Å². The molecule has 0 spiro atoms. The number of unbranched alkanes of at least 4 members (excludes halogenated alkanes) is 4. The number of nitrogens with one attached hydrogen (secondary N) is 1. The van der Waals surface area contributed by atoms with Crippen molar-refractivity contribution in [3.63, 3.8) is 0 Å². The Balaban J connectivity index is 1.76. The first-order valence-corrected chi connectivity index (χ1v) is 9.65. The average molecular weight is 364 g/mol. The smallest absolute Gasteiger partial charge is 0.234 e. The summed E-state index contributed by atoms with van der Waals surface area (Å²) >= 11 is 1.35.